The maximum Gasteiger partial charge on any atom is 0.238 e. The van der Waals surface area contributed by atoms with Crippen molar-refractivity contribution in [1.82, 2.24) is 14.8 Å². The van der Waals surface area contributed by atoms with Gasteiger partial charge in [0.15, 0.2) is 11.6 Å². The van der Waals surface area contributed by atoms with E-state index in [0.717, 1.165) is 25.0 Å². The zero-order valence-corrected chi connectivity index (χ0v) is 15.0. The molecule has 0 saturated heterocycles. The summed E-state index contributed by atoms with van der Waals surface area (Å²) < 4.78 is 44.7. The predicted octanol–water partition coefficient (Wildman–Crippen LogP) is 2.81. The third-order valence-corrected chi connectivity index (χ3v) is 5.23. The molecule has 2 aromatic heterocycles. The molecule has 0 aliphatic heterocycles. The summed E-state index contributed by atoms with van der Waals surface area (Å²) in [5.41, 5.74) is 0.659. The molecule has 1 saturated carbocycles. The number of furan rings is 1. The number of sulfonamides is 1. The van der Waals surface area contributed by atoms with E-state index in [1.165, 1.54) is 10.7 Å². The van der Waals surface area contributed by atoms with Gasteiger partial charge in [0.1, 0.15) is 23.0 Å². The highest BCUT2D eigenvalue weighted by atomic mass is 32.2. The number of aryl methyl sites for hydroxylation is 2. The number of hydrogen-bond acceptors (Lipinski definition) is 5. The molecule has 136 valence electrons. The van der Waals surface area contributed by atoms with Gasteiger partial charge in [-0.2, -0.15) is 5.10 Å². The van der Waals surface area contributed by atoms with Crippen LogP contribution in [-0.4, -0.2) is 23.2 Å². The van der Waals surface area contributed by atoms with E-state index in [1.54, 1.807) is 19.9 Å². The first-order chi connectivity index (χ1) is 12.2. The van der Waals surface area contributed by atoms with Crippen LogP contribution in [0.3, 0.4) is 0 Å². The number of nitrogens with zero attached hydrogens (tertiary/aromatic N) is 3. The Morgan fingerprint density at radius 2 is 2.00 bits per heavy atom. The van der Waals surface area contributed by atoms with Gasteiger partial charge in [-0.1, -0.05) is 0 Å². The molecular weight excluding hydrogens is 359 g/mol. The maximum absolute atomic E-state index is 14.5. The van der Waals surface area contributed by atoms with Crippen molar-refractivity contribution in [3.05, 3.63) is 47.4 Å². The van der Waals surface area contributed by atoms with Crippen LogP contribution in [0, 0.1) is 19.7 Å². The molecule has 9 heteroatoms. The number of benzene rings is 1. The van der Waals surface area contributed by atoms with Gasteiger partial charge >= 0.3 is 0 Å². The number of nitrogens with two attached hydrogens (primary N) is 1. The minimum absolute atomic E-state index is 0.0239. The van der Waals surface area contributed by atoms with Crippen LogP contribution in [0.1, 0.15) is 36.1 Å². The van der Waals surface area contributed by atoms with E-state index in [9.17, 15) is 12.8 Å². The normalized spacial score (nSPS) is 14.8. The van der Waals surface area contributed by atoms with Crippen LogP contribution in [0.2, 0.25) is 0 Å². The molecule has 1 aromatic carbocycles. The SMILES string of the molecule is Cc1cc(-c2nc(C3CC3)nn2-c2cc(S(N)(=O)=O)ccc2F)c(C)o1. The van der Waals surface area contributed by atoms with E-state index >= 15 is 0 Å². The van der Waals surface area contributed by atoms with E-state index in [2.05, 4.69) is 10.1 Å². The van der Waals surface area contributed by atoms with Gasteiger partial charge in [-0.05, 0) is 51.0 Å². The minimum atomic E-state index is -3.98. The van der Waals surface area contributed by atoms with Crippen LogP contribution in [-0.2, 0) is 10.0 Å². The summed E-state index contributed by atoms with van der Waals surface area (Å²) in [4.78, 5) is 4.38. The Balaban J connectivity index is 1.96. The fourth-order valence-electron chi connectivity index (χ4n) is 2.87. The second-order valence-corrected chi connectivity index (χ2v) is 8.03. The lowest BCUT2D eigenvalue weighted by Gasteiger charge is -2.08. The average Bonchev–Trinajstić information content (AvgIpc) is 3.22. The van der Waals surface area contributed by atoms with Gasteiger partial charge in [-0.15, -0.1) is 0 Å². The molecule has 0 bridgehead atoms. The predicted molar refractivity (Wildman–Crippen MR) is 91.8 cm³/mol. The molecule has 0 spiro atoms. The fraction of sp³-hybridized carbons (Fsp3) is 0.294. The van der Waals surface area contributed by atoms with E-state index in [0.29, 0.717) is 28.7 Å². The molecule has 0 unspecified atom stereocenters. The second-order valence-electron chi connectivity index (χ2n) is 6.46. The van der Waals surface area contributed by atoms with Crippen LogP contribution < -0.4 is 5.14 Å². The van der Waals surface area contributed by atoms with Gasteiger partial charge < -0.3 is 4.42 Å². The molecule has 2 N–H and O–H groups in total. The Morgan fingerprint density at radius 1 is 1.27 bits per heavy atom. The van der Waals surface area contributed by atoms with E-state index in [-0.39, 0.29) is 16.5 Å². The summed E-state index contributed by atoms with van der Waals surface area (Å²) in [5, 5.41) is 9.62. The number of hydrogen-bond donors (Lipinski definition) is 1. The van der Waals surface area contributed by atoms with E-state index < -0.39 is 15.8 Å². The van der Waals surface area contributed by atoms with Crippen molar-refractivity contribution in [3.8, 4) is 17.1 Å². The van der Waals surface area contributed by atoms with Crippen LogP contribution in [0.4, 0.5) is 4.39 Å². The Hall–Kier alpha value is -2.52. The van der Waals surface area contributed by atoms with E-state index in [1.807, 2.05) is 0 Å². The van der Waals surface area contributed by atoms with Crippen molar-refractivity contribution in [3.63, 3.8) is 0 Å². The molecule has 1 aliphatic carbocycles. The van der Waals surface area contributed by atoms with Gasteiger partial charge in [0.05, 0.1) is 10.5 Å². The second kappa shape index (κ2) is 5.75. The summed E-state index contributed by atoms with van der Waals surface area (Å²) in [5.74, 6) is 1.96. The Morgan fingerprint density at radius 3 is 2.58 bits per heavy atom. The molecule has 0 radical (unpaired) electrons. The summed E-state index contributed by atoms with van der Waals surface area (Å²) >= 11 is 0. The summed E-state index contributed by atoms with van der Waals surface area (Å²) in [6.07, 6.45) is 1.96. The molecule has 4 rings (SSSR count). The van der Waals surface area contributed by atoms with Gasteiger partial charge in [-0.3, -0.25) is 0 Å². The first-order valence-corrected chi connectivity index (χ1v) is 9.66. The minimum Gasteiger partial charge on any atom is -0.466 e. The van der Waals surface area contributed by atoms with Crippen molar-refractivity contribution in [2.75, 3.05) is 0 Å². The Kier molecular flexibility index (Phi) is 3.74. The lowest BCUT2D eigenvalue weighted by atomic mass is 10.2. The topological polar surface area (TPSA) is 104 Å². The first-order valence-electron chi connectivity index (χ1n) is 8.11. The monoisotopic (exact) mass is 376 g/mol. The Labute approximate surface area is 149 Å². The Bertz CT molecular complexity index is 1110. The molecule has 0 amide bonds. The van der Waals surface area contributed by atoms with Gasteiger partial charge in [0.25, 0.3) is 0 Å². The quantitative estimate of drug-likeness (QED) is 0.754. The first kappa shape index (κ1) is 16.9. The third-order valence-electron chi connectivity index (χ3n) is 4.32. The maximum atomic E-state index is 14.5. The van der Waals surface area contributed by atoms with Crippen LogP contribution in [0.15, 0.2) is 33.6 Å². The van der Waals surface area contributed by atoms with E-state index in [4.69, 9.17) is 9.56 Å². The molecule has 26 heavy (non-hydrogen) atoms. The van der Waals surface area contributed by atoms with Crippen molar-refractivity contribution in [2.24, 2.45) is 5.14 Å². The zero-order valence-electron chi connectivity index (χ0n) is 14.2. The molecular formula is C17H17FN4O3S. The van der Waals surface area contributed by atoms with Crippen molar-refractivity contribution >= 4 is 10.0 Å². The van der Waals surface area contributed by atoms with Crippen LogP contribution in [0.5, 0.6) is 0 Å². The van der Waals surface area contributed by atoms with Crippen molar-refractivity contribution in [1.29, 1.82) is 0 Å². The van der Waals surface area contributed by atoms with Crippen LogP contribution >= 0.6 is 0 Å². The molecule has 0 atom stereocenters. The van der Waals surface area contributed by atoms with Crippen LogP contribution in [0.25, 0.3) is 17.1 Å². The molecule has 1 aliphatic rings. The number of rotatable bonds is 4. The standard InChI is InChI=1S/C17H17FN4O3S/c1-9-7-13(10(2)25-9)17-20-16(11-3-4-11)21-22(17)15-8-12(26(19,23)24)5-6-14(15)18/h5-8,11H,3-4H2,1-2H3,(H2,19,23,24). The molecule has 2 heterocycles. The number of aromatic nitrogens is 3. The highest BCUT2D eigenvalue weighted by Crippen LogP contribution is 2.40. The lowest BCUT2D eigenvalue weighted by molar-refractivity contribution is 0.505. The van der Waals surface area contributed by atoms with Gasteiger partial charge in [0, 0.05) is 5.92 Å². The molecule has 3 aromatic rings. The summed E-state index contributed by atoms with van der Waals surface area (Å²) in [6.45, 7) is 3.59. The van der Waals surface area contributed by atoms with Gasteiger partial charge in [0.2, 0.25) is 10.0 Å². The zero-order chi connectivity index (χ0) is 18.6. The highest BCUT2D eigenvalue weighted by Gasteiger charge is 2.31. The fourth-order valence-corrected chi connectivity index (χ4v) is 3.40. The summed E-state index contributed by atoms with van der Waals surface area (Å²) in [6, 6.07) is 5.15. The van der Waals surface area contributed by atoms with Gasteiger partial charge in [-0.25, -0.2) is 27.6 Å². The smallest absolute Gasteiger partial charge is 0.238 e. The summed E-state index contributed by atoms with van der Waals surface area (Å²) in [7, 11) is -3.98. The lowest BCUT2D eigenvalue weighted by Crippen LogP contribution is -2.13. The molecule has 1 fully saturated rings. The van der Waals surface area contributed by atoms with Crippen molar-refractivity contribution < 1.29 is 17.2 Å². The molecule has 7 nitrogen and oxygen atoms in total. The number of halogens is 1. The largest absolute Gasteiger partial charge is 0.466 e. The number of primary sulfonamides is 1. The third kappa shape index (κ3) is 2.93. The average molecular weight is 376 g/mol. The highest BCUT2D eigenvalue weighted by molar-refractivity contribution is 7.89. The van der Waals surface area contributed by atoms with Crippen molar-refractivity contribution in [2.45, 2.75) is 37.5 Å².